The molecule has 0 radical (unpaired) electrons. The molecule has 1 saturated heterocycles. The van der Waals surface area contributed by atoms with Gasteiger partial charge in [0.1, 0.15) is 0 Å². The second-order valence-electron chi connectivity index (χ2n) is 5.79. The lowest BCUT2D eigenvalue weighted by atomic mass is 9.96. The summed E-state index contributed by atoms with van der Waals surface area (Å²) in [6.07, 6.45) is 1.71. The monoisotopic (exact) mass is 239 g/mol. The van der Waals surface area contributed by atoms with E-state index in [2.05, 4.69) is 35.8 Å². The van der Waals surface area contributed by atoms with Crippen LogP contribution in [0, 0.1) is 0 Å². The predicted molar refractivity (Wildman–Crippen MR) is 63.5 cm³/mol. The van der Waals surface area contributed by atoms with Gasteiger partial charge in [-0.3, -0.25) is 4.90 Å². The fraction of sp³-hybridized carbons (Fsp3) is 0.833. The number of aliphatic hydroxyl groups excluding tert-OH is 1. The highest BCUT2D eigenvalue weighted by molar-refractivity contribution is 5.00. The molecule has 2 rings (SSSR count). The molecule has 1 aromatic heterocycles. The number of hydrogen-bond acceptors (Lipinski definition) is 5. The average Bonchev–Trinajstić information content (AvgIpc) is 2.65. The normalized spacial score (nSPS) is 22.9. The van der Waals surface area contributed by atoms with Gasteiger partial charge in [0.2, 0.25) is 5.89 Å². The van der Waals surface area contributed by atoms with E-state index in [0.29, 0.717) is 19.0 Å². The van der Waals surface area contributed by atoms with Crippen LogP contribution in [0.25, 0.3) is 0 Å². The summed E-state index contributed by atoms with van der Waals surface area (Å²) in [5, 5.41) is 13.6. The fourth-order valence-electron chi connectivity index (χ4n) is 1.99. The third-order valence-corrected chi connectivity index (χ3v) is 2.98. The SMILES string of the molecule is CC(C)(C)c1noc(CN2CCC[C@H](O)C2)n1. The number of likely N-dealkylation sites (tertiary alicyclic amines) is 1. The quantitative estimate of drug-likeness (QED) is 0.843. The highest BCUT2D eigenvalue weighted by Crippen LogP contribution is 2.19. The first-order chi connectivity index (χ1) is 7.95. The van der Waals surface area contributed by atoms with E-state index in [-0.39, 0.29) is 11.5 Å². The molecule has 0 aromatic carbocycles. The zero-order chi connectivity index (χ0) is 12.5. The van der Waals surface area contributed by atoms with Gasteiger partial charge in [-0.15, -0.1) is 0 Å². The predicted octanol–water partition coefficient (Wildman–Crippen LogP) is 1.32. The van der Waals surface area contributed by atoms with Crippen LogP contribution in [0.15, 0.2) is 4.52 Å². The molecule has 96 valence electrons. The first-order valence-corrected chi connectivity index (χ1v) is 6.18. The number of aromatic nitrogens is 2. The van der Waals surface area contributed by atoms with Crippen LogP contribution < -0.4 is 0 Å². The number of piperidine rings is 1. The maximum absolute atomic E-state index is 9.58. The van der Waals surface area contributed by atoms with E-state index in [4.69, 9.17) is 4.52 Å². The third kappa shape index (κ3) is 3.26. The molecule has 0 unspecified atom stereocenters. The molecule has 5 heteroatoms. The summed E-state index contributed by atoms with van der Waals surface area (Å²) in [5.41, 5.74) is -0.0802. The Bertz CT molecular complexity index is 370. The molecule has 1 fully saturated rings. The van der Waals surface area contributed by atoms with Crippen molar-refractivity contribution in [3.63, 3.8) is 0 Å². The summed E-state index contributed by atoms with van der Waals surface area (Å²) < 4.78 is 5.24. The standard InChI is InChI=1S/C12H21N3O2/c1-12(2,3)11-13-10(17-14-11)8-15-6-4-5-9(16)7-15/h9,16H,4-8H2,1-3H3/t9-/m0/s1. The molecule has 2 heterocycles. The van der Waals surface area contributed by atoms with Crippen molar-refractivity contribution in [3.8, 4) is 0 Å². The number of rotatable bonds is 2. The minimum absolute atomic E-state index is 0.0802. The minimum Gasteiger partial charge on any atom is -0.392 e. The van der Waals surface area contributed by atoms with E-state index < -0.39 is 0 Å². The Labute approximate surface area is 102 Å². The second-order valence-corrected chi connectivity index (χ2v) is 5.79. The van der Waals surface area contributed by atoms with Crippen LogP contribution in [0.4, 0.5) is 0 Å². The summed E-state index contributed by atoms with van der Waals surface area (Å²) in [4.78, 5) is 6.56. The number of β-amino-alcohol motifs (C(OH)–C–C–N with tert-alkyl or cyclic N) is 1. The van der Waals surface area contributed by atoms with Crippen molar-refractivity contribution < 1.29 is 9.63 Å². The Morgan fingerprint density at radius 1 is 1.47 bits per heavy atom. The molecule has 1 aliphatic rings. The Balaban J connectivity index is 1.97. The molecule has 0 bridgehead atoms. The van der Waals surface area contributed by atoms with Crippen LogP contribution in [0.3, 0.4) is 0 Å². The van der Waals surface area contributed by atoms with Gasteiger partial charge in [-0.25, -0.2) is 0 Å². The van der Waals surface area contributed by atoms with Crippen molar-refractivity contribution in [3.05, 3.63) is 11.7 Å². The largest absolute Gasteiger partial charge is 0.392 e. The molecular formula is C12H21N3O2. The van der Waals surface area contributed by atoms with Crippen LogP contribution >= 0.6 is 0 Å². The van der Waals surface area contributed by atoms with Crippen LogP contribution in [0.1, 0.15) is 45.3 Å². The first-order valence-electron chi connectivity index (χ1n) is 6.18. The molecular weight excluding hydrogens is 218 g/mol. The average molecular weight is 239 g/mol. The topological polar surface area (TPSA) is 62.4 Å². The summed E-state index contributed by atoms with van der Waals surface area (Å²) >= 11 is 0. The van der Waals surface area contributed by atoms with Gasteiger partial charge in [-0.05, 0) is 19.4 Å². The summed E-state index contributed by atoms with van der Waals surface area (Å²) in [6, 6.07) is 0. The van der Waals surface area contributed by atoms with E-state index in [1.54, 1.807) is 0 Å². The van der Waals surface area contributed by atoms with Crippen LogP contribution in [0.2, 0.25) is 0 Å². The van der Waals surface area contributed by atoms with Crippen molar-refractivity contribution in [2.45, 2.75) is 51.7 Å². The van der Waals surface area contributed by atoms with E-state index in [1.807, 2.05) is 0 Å². The van der Waals surface area contributed by atoms with Gasteiger partial charge in [0.25, 0.3) is 0 Å². The number of aliphatic hydroxyl groups is 1. The maximum Gasteiger partial charge on any atom is 0.240 e. The summed E-state index contributed by atoms with van der Waals surface area (Å²) in [5.74, 6) is 1.38. The van der Waals surface area contributed by atoms with Gasteiger partial charge in [-0.1, -0.05) is 25.9 Å². The van der Waals surface area contributed by atoms with Crippen molar-refractivity contribution in [1.82, 2.24) is 15.0 Å². The van der Waals surface area contributed by atoms with Crippen LogP contribution in [-0.2, 0) is 12.0 Å². The zero-order valence-corrected chi connectivity index (χ0v) is 10.8. The number of nitrogens with zero attached hydrogens (tertiary/aromatic N) is 3. The van der Waals surface area contributed by atoms with Gasteiger partial charge in [0, 0.05) is 12.0 Å². The Kier molecular flexibility index (Phi) is 3.49. The lowest BCUT2D eigenvalue weighted by molar-refractivity contribution is 0.0613. The van der Waals surface area contributed by atoms with Crippen molar-refractivity contribution >= 4 is 0 Å². The highest BCUT2D eigenvalue weighted by Gasteiger charge is 2.23. The second kappa shape index (κ2) is 4.74. The molecule has 1 N–H and O–H groups in total. The minimum atomic E-state index is -0.214. The Morgan fingerprint density at radius 3 is 2.82 bits per heavy atom. The van der Waals surface area contributed by atoms with E-state index in [0.717, 1.165) is 25.2 Å². The van der Waals surface area contributed by atoms with Gasteiger partial charge in [0.15, 0.2) is 5.82 Å². The van der Waals surface area contributed by atoms with E-state index >= 15 is 0 Å². The molecule has 5 nitrogen and oxygen atoms in total. The lowest BCUT2D eigenvalue weighted by Crippen LogP contribution is -2.37. The highest BCUT2D eigenvalue weighted by atomic mass is 16.5. The lowest BCUT2D eigenvalue weighted by Gasteiger charge is -2.28. The maximum atomic E-state index is 9.58. The Morgan fingerprint density at radius 2 is 2.24 bits per heavy atom. The summed E-state index contributed by atoms with van der Waals surface area (Å²) in [7, 11) is 0. The molecule has 0 spiro atoms. The van der Waals surface area contributed by atoms with Crippen LogP contribution in [0.5, 0.6) is 0 Å². The fourth-order valence-corrected chi connectivity index (χ4v) is 1.99. The smallest absolute Gasteiger partial charge is 0.240 e. The molecule has 0 saturated carbocycles. The van der Waals surface area contributed by atoms with Crippen molar-refractivity contribution in [2.75, 3.05) is 13.1 Å². The van der Waals surface area contributed by atoms with Crippen molar-refractivity contribution in [1.29, 1.82) is 0 Å². The molecule has 0 aliphatic carbocycles. The van der Waals surface area contributed by atoms with Crippen molar-refractivity contribution in [2.24, 2.45) is 0 Å². The zero-order valence-electron chi connectivity index (χ0n) is 10.8. The van der Waals surface area contributed by atoms with Gasteiger partial charge >= 0.3 is 0 Å². The molecule has 0 amide bonds. The number of hydrogen-bond donors (Lipinski definition) is 1. The van der Waals surface area contributed by atoms with Gasteiger partial charge < -0.3 is 9.63 Å². The van der Waals surface area contributed by atoms with Crippen LogP contribution in [-0.4, -0.2) is 39.3 Å². The molecule has 17 heavy (non-hydrogen) atoms. The molecule has 1 atom stereocenters. The molecule has 1 aromatic rings. The van der Waals surface area contributed by atoms with Gasteiger partial charge in [0.05, 0.1) is 12.6 Å². The first kappa shape index (κ1) is 12.5. The summed E-state index contributed by atoms with van der Waals surface area (Å²) in [6.45, 7) is 8.52. The Hall–Kier alpha value is -0.940. The van der Waals surface area contributed by atoms with E-state index in [1.165, 1.54) is 0 Å². The van der Waals surface area contributed by atoms with Gasteiger partial charge in [-0.2, -0.15) is 4.98 Å². The molecule has 1 aliphatic heterocycles. The third-order valence-electron chi connectivity index (χ3n) is 2.98. The van der Waals surface area contributed by atoms with E-state index in [9.17, 15) is 5.11 Å².